The fourth-order valence-electron chi connectivity index (χ4n) is 2.71. The van der Waals surface area contributed by atoms with Crippen LogP contribution in [0.1, 0.15) is 19.4 Å². The molecule has 2 aromatic rings. The number of carbonyl (C=O) groups is 2. The number of nitrogens with zero attached hydrogens (tertiary/aromatic N) is 1. The van der Waals surface area contributed by atoms with Crippen molar-refractivity contribution in [1.29, 1.82) is 0 Å². The molecule has 0 aromatic heterocycles. The number of anilines is 1. The average molecular weight is 481 g/mol. The minimum atomic E-state index is -0.338. The van der Waals surface area contributed by atoms with Gasteiger partial charge in [-0.3, -0.25) is 14.5 Å². The van der Waals surface area contributed by atoms with E-state index < -0.39 is 0 Å². The van der Waals surface area contributed by atoms with Gasteiger partial charge in [0, 0.05) is 21.8 Å². The molecule has 0 spiro atoms. The highest BCUT2D eigenvalue weighted by molar-refractivity contribution is 8.26. The van der Waals surface area contributed by atoms with Crippen LogP contribution < -0.4 is 10.1 Å². The summed E-state index contributed by atoms with van der Waals surface area (Å²) in [4.78, 5) is 26.7. The molecule has 9 heteroatoms. The van der Waals surface area contributed by atoms with E-state index in [1.54, 1.807) is 41.3 Å². The molecule has 1 saturated heterocycles. The number of ether oxygens (including phenoxy) is 1. The van der Waals surface area contributed by atoms with Crippen LogP contribution in [-0.2, 0) is 9.59 Å². The van der Waals surface area contributed by atoms with Gasteiger partial charge >= 0.3 is 0 Å². The Bertz CT molecular complexity index is 1000. The maximum absolute atomic E-state index is 12.5. The van der Waals surface area contributed by atoms with E-state index in [1.165, 1.54) is 11.8 Å². The van der Waals surface area contributed by atoms with Crippen LogP contribution in [-0.4, -0.2) is 33.7 Å². The van der Waals surface area contributed by atoms with Crippen LogP contribution >= 0.6 is 47.2 Å². The van der Waals surface area contributed by atoms with Gasteiger partial charge in [0.25, 0.3) is 11.8 Å². The van der Waals surface area contributed by atoms with Gasteiger partial charge in [0.15, 0.2) is 6.61 Å². The number of hydrogen-bond donors (Lipinski definition) is 1. The van der Waals surface area contributed by atoms with E-state index >= 15 is 0 Å². The minimum absolute atomic E-state index is 0.0215. The Morgan fingerprint density at radius 3 is 2.40 bits per heavy atom. The summed E-state index contributed by atoms with van der Waals surface area (Å²) >= 11 is 18.4. The Morgan fingerprint density at radius 2 is 1.83 bits per heavy atom. The van der Waals surface area contributed by atoms with E-state index in [0.717, 1.165) is 5.56 Å². The summed E-state index contributed by atoms with van der Waals surface area (Å²) in [5, 5.41) is 3.54. The lowest BCUT2D eigenvalue weighted by Gasteiger charge is -2.18. The Morgan fingerprint density at radius 1 is 1.20 bits per heavy atom. The van der Waals surface area contributed by atoms with Gasteiger partial charge in [0.2, 0.25) is 0 Å². The number of benzene rings is 2. The number of thioether (sulfide) groups is 1. The average Bonchev–Trinajstić information content (AvgIpc) is 2.93. The van der Waals surface area contributed by atoms with Crippen molar-refractivity contribution in [1.82, 2.24) is 4.90 Å². The molecular weight excluding hydrogens is 463 g/mol. The molecule has 30 heavy (non-hydrogen) atoms. The zero-order valence-corrected chi connectivity index (χ0v) is 19.3. The normalized spacial score (nSPS) is 15.2. The molecule has 0 saturated carbocycles. The largest absolute Gasteiger partial charge is 0.484 e. The lowest BCUT2D eigenvalue weighted by atomic mass is 10.2. The van der Waals surface area contributed by atoms with Crippen LogP contribution in [0.25, 0.3) is 6.08 Å². The molecule has 156 valence electrons. The predicted molar refractivity (Wildman–Crippen MR) is 127 cm³/mol. The summed E-state index contributed by atoms with van der Waals surface area (Å²) in [5.41, 5.74) is 1.33. The van der Waals surface area contributed by atoms with Crippen LogP contribution in [0.3, 0.4) is 0 Å². The molecular formula is C21H18Cl2N2O3S2. The minimum Gasteiger partial charge on any atom is -0.484 e. The molecule has 1 fully saturated rings. The van der Waals surface area contributed by atoms with E-state index in [2.05, 4.69) is 5.32 Å². The lowest BCUT2D eigenvalue weighted by molar-refractivity contribution is -0.123. The first kappa shape index (κ1) is 22.6. The molecule has 0 radical (unpaired) electrons. The molecule has 1 heterocycles. The number of nitrogens with one attached hydrogen (secondary N) is 1. The fourth-order valence-corrected chi connectivity index (χ4v) is 4.76. The van der Waals surface area contributed by atoms with E-state index in [4.69, 9.17) is 40.2 Å². The SMILES string of the molecule is CC(C)N1C(=O)/C(=C/c2ccc(OCC(=O)Nc3cc(Cl)cc(Cl)c3)cc2)SC1=S. The first-order valence-electron chi connectivity index (χ1n) is 8.99. The summed E-state index contributed by atoms with van der Waals surface area (Å²) in [5.74, 6) is 0.106. The van der Waals surface area contributed by atoms with Crippen molar-refractivity contribution >= 4 is 75.1 Å². The van der Waals surface area contributed by atoms with Gasteiger partial charge < -0.3 is 10.1 Å². The zero-order valence-electron chi connectivity index (χ0n) is 16.1. The lowest BCUT2D eigenvalue weighted by Crippen LogP contribution is -2.34. The predicted octanol–water partition coefficient (Wildman–Crippen LogP) is 5.62. The molecule has 1 aliphatic rings. The van der Waals surface area contributed by atoms with Crippen LogP contribution in [0.2, 0.25) is 10.0 Å². The van der Waals surface area contributed by atoms with Crippen LogP contribution in [0.4, 0.5) is 5.69 Å². The Hall–Kier alpha value is -2.06. The van der Waals surface area contributed by atoms with Gasteiger partial charge in [0.1, 0.15) is 10.1 Å². The molecule has 1 N–H and O–H groups in total. The molecule has 2 aromatic carbocycles. The Balaban J connectivity index is 1.58. The molecule has 1 aliphatic heterocycles. The maximum Gasteiger partial charge on any atom is 0.266 e. The van der Waals surface area contributed by atoms with Gasteiger partial charge in [0.05, 0.1) is 4.91 Å². The second-order valence-corrected chi connectivity index (χ2v) is 9.26. The third kappa shape index (κ3) is 5.76. The van der Waals surface area contributed by atoms with Crippen molar-refractivity contribution in [3.05, 3.63) is 63.0 Å². The highest BCUT2D eigenvalue weighted by Crippen LogP contribution is 2.34. The quantitative estimate of drug-likeness (QED) is 0.429. The second kappa shape index (κ2) is 9.83. The first-order valence-corrected chi connectivity index (χ1v) is 11.0. The number of rotatable bonds is 6. The molecule has 5 nitrogen and oxygen atoms in total. The van der Waals surface area contributed by atoms with Gasteiger partial charge in [-0.1, -0.05) is 59.3 Å². The number of hydrogen-bond acceptors (Lipinski definition) is 5. The highest BCUT2D eigenvalue weighted by atomic mass is 35.5. The second-order valence-electron chi connectivity index (χ2n) is 6.71. The van der Waals surface area contributed by atoms with Crippen LogP contribution in [0.15, 0.2) is 47.4 Å². The van der Waals surface area contributed by atoms with Crippen molar-refractivity contribution in [3.63, 3.8) is 0 Å². The van der Waals surface area contributed by atoms with Gasteiger partial charge in [-0.25, -0.2) is 0 Å². The molecule has 3 rings (SSSR count). The molecule has 0 bridgehead atoms. The molecule has 0 aliphatic carbocycles. The van der Waals surface area contributed by atoms with E-state index in [-0.39, 0.29) is 24.5 Å². The first-order chi connectivity index (χ1) is 14.2. The third-order valence-corrected chi connectivity index (χ3v) is 5.80. The van der Waals surface area contributed by atoms with E-state index in [1.807, 2.05) is 26.0 Å². The van der Waals surface area contributed by atoms with Crippen LogP contribution in [0, 0.1) is 0 Å². The summed E-state index contributed by atoms with van der Waals surface area (Å²) in [6, 6.07) is 11.9. The topological polar surface area (TPSA) is 58.6 Å². The van der Waals surface area contributed by atoms with Crippen molar-refractivity contribution in [2.75, 3.05) is 11.9 Å². The van der Waals surface area contributed by atoms with Crippen molar-refractivity contribution < 1.29 is 14.3 Å². The van der Waals surface area contributed by atoms with Crippen molar-refractivity contribution in [2.24, 2.45) is 0 Å². The number of thiocarbonyl (C=S) groups is 1. The van der Waals surface area contributed by atoms with Crippen LogP contribution in [0.5, 0.6) is 5.75 Å². The highest BCUT2D eigenvalue weighted by Gasteiger charge is 2.33. The van der Waals surface area contributed by atoms with Gasteiger partial charge in [-0.05, 0) is 55.8 Å². The Labute approximate surface area is 194 Å². The Kier molecular flexibility index (Phi) is 7.41. The maximum atomic E-state index is 12.5. The standard InChI is InChI=1S/C21H18Cl2N2O3S2/c1-12(2)25-20(27)18(30-21(25)29)7-13-3-5-17(6-4-13)28-11-19(26)24-16-9-14(22)8-15(23)10-16/h3-10,12H,11H2,1-2H3,(H,24,26)/b18-7-. The van der Waals surface area contributed by atoms with Crippen molar-refractivity contribution in [3.8, 4) is 5.75 Å². The monoisotopic (exact) mass is 480 g/mol. The molecule has 0 atom stereocenters. The fraction of sp³-hybridized carbons (Fsp3) is 0.190. The number of halogens is 2. The van der Waals surface area contributed by atoms with Gasteiger partial charge in [-0.2, -0.15) is 0 Å². The van der Waals surface area contributed by atoms with E-state index in [9.17, 15) is 9.59 Å². The summed E-state index contributed by atoms with van der Waals surface area (Å²) in [6.07, 6.45) is 1.79. The smallest absolute Gasteiger partial charge is 0.266 e. The van der Waals surface area contributed by atoms with Gasteiger partial charge in [-0.15, -0.1) is 0 Å². The third-order valence-electron chi connectivity index (χ3n) is 4.03. The summed E-state index contributed by atoms with van der Waals surface area (Å²) < 4.78 is 6.08. The zero-order chi connectivity index (χ0) is 21.8. The summed E-state index contributed by atoms with van der Waals surface area (Å²) in [6.45, 7) is 3.68. The van der Waals surface area contributed by atoms with Crippen molar-refractivity contribution in [2.45, 2.75) is 19.9 Å². The summed E-state index contributed by atoms with van der Waals surface area (Å²) in [7, 11) is 0. The number of carbonyl (C=O) groups excluding carboxylic acids is 2. The number of amides is 2. The molecule has 2 amide bonds. The molecule has 0 unspecified atom stereocenters. The van der Waals surface area contributed by atoms with E-state index in [0.29, 0.717) is 30.7 Å².